The third-order valence-corrected chi connectivity index (χ3v) is 3.57. The first-order valence-electron chi connectivity index (χ1n) is 5.63. The van der Waals surface area contributed by atoms with Crippen molar-refractivity contribution in [2.75, 3.05) is 0 Å². The molecule has 5 nitrogen and oxygen atoms in total. The first-order chi connectivity index (χ1) is 7.55. The normalized spacial score (nSPS) is 34.9. The van der Waals surface area contributed by atoms with Crippen LogP contribution < -0.4 is 5.32 Å². The standard InChI is InChI=1S/C11H15NO4/c13-8-4-2-6-11(12-8)5-1-3-7(9(11)14)10(15)16/h7H,1-6H2,(H,12,13)(H,15,16). The fraction of sp³-hybridized carbons (Fsp3) is 0.727. The lowest BCUT2D eigenvalue weighted by Gasteiger charge is -2.41. The summed E-state index contributed by atoms with van der Waals surface area (Å²) in [6, 6.07) is 0. The second-order valence-corrected chi connectivity index (χ2v) is 4.63. The summed E-state index contributed by atoms with van der Waals surface area (Å²) in [7, 11) is 0. The van der Waals surface area contributed by atoms with E-state index in [9.17, 15) is 14.4 Å². The Bertz CT molecular complexity index is 348. The number of carboxylic acid groups (broad SMARTS) is 1. The molecular formula is C11H15NO4. The summed E-state index contributed by atoms with van der Waals surface area (Å²) in [6.45, 7) is 0. The van der Waals surface area contributed by atoms with E-state index in [2.05, 4.69) is 5.32 Å². The third kappa shape index (κ3) is 1.70. The average Bonchev–Trinajstić information content (AvgIpc) is 2.22. The number of carbonyl (C=O) groups excluding carboxylic acids is 2. The van der Waals surface area contributed by atoms with Gasteiger partial charge in [0, 0.05) is 6.42 Å². The Labute approximate surface area is 93.2 Å². The van der Waals surface area contributed by atoms with E-state index in [1.54, 1.807) is 0 Å². The van der Waals surface area contributed by atoms with Gasteiger partial charge in [-0.05, 0) is 32.1 Å². The number of hydrogen-bond donors (Lipinski definition) is 2. The summed E-state index contributed by atoms with van der Waals surface area (Å²) in [6.07, 6.45) is 3.36. The highest BCUT2D eigenvalue weighted by atomic mass is 16.4. The van der Waals surface area contributed by atoms with Gasteiger partial charge in [-0.1, -0.05) is 0 Å². The van der Waals surface area contributed by atoms with Gasteiger partial charge < -0.3 is 10.4 Å². The quantitative estimate of drug-likeness (QED) is 0.636. The topological polar surface area (TPSA) is 83.5 Å². The molecule has 0 radical (unpaired) electrons. The smallest absolute Gasteiger partial charge is 0.314 e. The molecule has 1 saturated carbocycles. The molecule has 1 heterocycles. The van der Waals surface area contributed by atoms with Crippen molar-refractivity contribution < 1.29 is 19.5 Å². The monoisotopic (exact) mass is 225 g/mol. The van der Waals surface area contributed by atoms with Crippen LogP contribution in [0.4, 0.5) is 0 Å². The number of carbonyl (C=O) groups is 3. The number of ketones is 1. The van der Waals surface area contributed by atoms with Crippen LogP contribution >= 0.6 is 0 Å². The molecule has 2 fully saturated rings. The fourth-order valence-corrected chi connectivity index (χ4v) is 2.75. The third-order valence-electron chi connectivity index (χ3n) is 3.57. The molecule has 2 unspecified atom stereocenters. The van der Waals surface area contributed by atoms with E-state index in [0.717, 1.165) is 0 Å². The van der Waals surface area contributed by atoms with Gasteiger partial charge in [0.05, 0.1) is 5.54 Å². The minimum Gasteiger partial charge on any atom is -0.481 e. The van der Waals surface area contributed by atoms with Crippen molar-refractivity contribution in [3.05, 3.63) is 0 Å². The molecule has 0 aromatic carbocycles. The summed E-state index contributed by atoms with van der Waals surface area (Å²) in [4.78, 5) is 34.4. The van der Waals surface area contributed by atoms with E-state index in [1.807, 2.05) is 0 Å². The van der Waals surface area contributed by atoms with Gasteiger partial charge in [-0.3, -0.25) is 14.4 Å². The van der Waals surface area contributed by atoms with E-state index in [1.165, 1.54) is 0 Å². The van der Waals surface area contributed by atoms with Crippen LogP contribution in [0.3, 0.4) is 0 Å². The molecule has 5 heteroatoms. The Morgan fingerprint density at radius 1 is 1.31 bits per heavy atom. The highest BCUT2D eigenvalue weighted by Crippen LogP contribution is 2.35. The first kappa shape index (κ1) is 11.1. The lowest BCUT2D eigenvalue weighted by Crippen LogP contribution is -2.61. The average molecular weight is 225 g/mol. The molecule has 0 aromatic heterocycles. The van der Waals surface area contributed by atoms with Crippen LogP contribution in [0, 0.1) is 5.92 Å². The van der Waals surface area contributed by atoms with Gasteiger partial charge in [-0.25, -0.2) is 0 Å². The summed E-state index contributed by atoms with van der Waals surface area (Å²) < 4.78 is 0. The molecule has 1 amide bonds. The number of Topliss-reactive ketones (excluding diaryl/α,β-unsaturated/α-hetero) is 1. The van der Waals surface area contributed by atoms with Gasteiger partial charge in [-0.15, -0.1) is 0 Å². The maximum Gasteiger partial charge on any atom is 0.314 e. The maximum absolute atomic E-state index is 12.1. The van der Waals surface area contributed by atoms with E-state index in [-0.39, 0.29) is 11.7 Å². The minimum atomic E-state index is -1.07. The van der Waals surface area contributed by atoms with E-state index in [4.69, 9.17) is 5.11 Å². The van der Waals surface area contributed by atoms with E-state index in [0.29, 0.717) is 38.5 Å². The largest absolute Gasteiger partial charge is 0.481 e. The van der Waals surface area contributed by atoms with Crippen molar-refractivity contribution >= 4 is 17.7 Å². The van der Waals surface area contributed by atoms with Crippen molar-refractivity contribution in [3.63, 3.8) is 0 Å². The molecule has 88 valence electrons. The molecule has 2 aliphatic rings. The molecule has 2 atom stereocenters. The zero-order valence-electron chi connectivity index (χ0n) is 8.99. The Balaban J connectivity index is 2.23. The predicted octanol–water partition coefficient (Wildman–Crippen LogP) is 0.479. The van der Waals surface area contributed by atoms with Gasteiger partial charge in [0.15, 0.2) is 5.78 Å². The molecular weight excluding hydrogens is 210 g/mol. The molecule has 1 aliphatic heterocycles. The molecule has 2 N–H and O–H groups in total. The van der Waals surface area contributed by atoms with E-state index < -0.39 is 17.4 Å². The lowest BCUT2D eigenvalue weighted by molar-refractivity contribution is -0.153. The highest BCUT2D eigenvalue weighted by molar-refractivity contribution is 6.05. The van der Waals surface area contributed by atoms with Gasteiger partial charge in [0.25, 0.3) is 0 Å². The minimum absolute atomic E-state index is 0.134. The zero-order valence-corrected chi connectivity index (χ0v) is 8.99. The van der Waals surface area contributed by atoms with Crippen LogP contribution in [0.25, 0.3) is 0 Å². The van der Waals surface area contributed by atoms with Crippen molar-refractivity contribution in [2.24, 2.45) is 5.92 Å². The maximum atomic E-state index is 12.1. The molecule has 0 bridgehead atoms. The Kier molecular flexibility index (Phi) is 2.69. The Morgan fingerprint density at radius 2 is 2.00 bits per heavy atom. The molecule has 2 rings (SSSR count). The SMILES string of the molecule is O=C1CCCC2(CCCC(C(=O)O)C2=O)N1. The summed E-state index contributed by atoms with van der Waals surface area (Å²) >= 11 is 0. The van der Waals surface area contributed by atoms with Crippen molar-refractivity contribution in [3.8, 4) is 0 Å². The Morgan fingerprint density at radius 3 is 2.62 bits per heavy atom. The van der Waals surface area contributed by atoms with Crippen LogP contribution in [0.1, 0.15) is 38.5 Å². The second kappa shape index (κ2) is 3.88. The summed E-state index contributed by atoms with van der Waals surface area (Å²) in [5.74, 6) is -2.44. The van der Waals surface area contributed by atoms with Gasteiger partial charge in [-0.2, -0.15) is 0 Å². The number of amides is 1. The van der Waals surface area contributed by atoms with Crippen molar-refractivity contribution in [1.82, 2.24) is 5.32 Å². The number of hydrogen-bond acceptors (Lipinski definition) is 3. The van der Waals surface area contributed by atoms with Crippen LogP contribution in [0.2, 0.25) is 0 Å². The van der Waals surface area contributed by atoms with Gasteiger partial charge >= 0.3 is 5.97 Å². The first-order valence-corrected chi connectivity index (χ1v) is 5.63. The molecule has 16 heavy (non-hydrogen) atoms. The molecule has 1 spiro atoms. The number of nitrogens with one attached hydrogen (secondary N) is 1. The fourth-order valence-electron chi connectivity index (χ4n) is 2.75. The number of rotatable bonds is 1. The van der Waals surface area contributed by atoms with Crippen LogP contribution in [0.5, 0.6) is 0 Å². The zero-order chi connectivity index (χ0) is 11.8. The van der Waals surface area contributed by atoms with Crippen molar-refractivity contribution in [2.45, 2.75) is 44.1 Å². The van der Waals surface area contributed by atoms with Gasteiger partial charge in [0.2, 0.25) is 5.91 Å². The highest BCUT2D eigenvalue weighted by Gasteiger charge is 2.49. The van der Waals surface area contributed by atoms with Crippen LogP contribution in [-0.2, 0) is 14.4 Å². The second-order valence-electron chi connectivity index (χ2n) is 4.63. The number of aliphatic carboxylic acids is 1. The van der Waals surface area contributed by atoms with Crippen LogP contribution in [-0.4, -0.2) is 28.3 Å². The van der Waals surface area contributed by atoms with E-state index >= 15 is 0 Å². The van der Waals surface area contributed by atoms with Crippen molar-refractivity contribution in [1.29, 1.82) is 0 Å². The molecule has 0 aromatic rings. The van der Waals surface area contributed by atoms with Crippen LogP contribution in [0.15, 0.2) is 0 Å². The Hall–Kier alpha value is -1.39. The lowest BCUT2D eigenvalue weighted by atomic mass is 9.70. The number of piperidine rings is 1. The summed E-state index contributed by atoms with van der Waals surface area (Å²) in [5, 5.41) is 11.7. The molecule has 1 saturated heterocycles. The van der Waals surface area contributed by atoms with Gasteiger partial charge in [0.1, 0.15) is 5.92 Å². The summed E-state index contributed by atoms with van der Waals surface area (Å²) in [5.41, 5.74) is -0.878. The number of carboxylic acids is 1. The predicted molar refractivity (Wildman–Crippen MR) is 54.7 cm³/mol. The molecule has 1 aliphatic carbocycles.